The second kappa shape index (κ2) is 9.30. The van der Waals surface area contributed by atoms with Crippen molar-refractivity contribution in [2.24, 2.45) is 0 Å². The first-order valence-corrected chi connectivity index (χ1v) is 10.5. The fourth-order valence-corrected chi connectivity index (χ4v) is 3.71. The first-order valence-electron chi connectivity index (χ1n) is 10.5. The molecule has 7 heteroatoms. The van der Waals surface area contributed by atoms with Gasteiger partial charge in [0.2, 0.25) is 0 Å². The van der Waals surface area contributed by atoms with Crippen molar-refractivity contribution in [3.63, 3.8) is 0 Å². The van der Waals surface area contributed by atoms with Gasteiger partial charge in [0.15, 0.2) is 5.69 Å². The molecule has 4 rings (SSSR count). The smallest absolute Gasteiger partial charge is 0.276 e. The van der Waals surface area contributed by atoms with Crippen molar-refractivity contribution < 1.29 is 4.79 Å². The molecule has 0 saturated carbocycles. The van der Waals surface area contributed by atoms with Crippen LogP contribution in [0, 0.1) is 0 Å². The molecule has 0 spiro atoms. The molecule has 2 aromatic heterocycles. The molecule has 4 aromatic rings. The maximum Gasteiger partial charge on any atom is 0.276 e. The standard InChI is InChI=1S/C25H28N6O/c1-30(2)15-17-5-8-21(9-6-17)27-25(32)24-22-12-19(7-10-23(22)28-29-24)20-11-18(13-26-14-20)16-31(3)4/h5-14H,15-16H2,1-4H3,(H,27,32)(H,28,29). The Morgan fingerprint density at radius 2 is 1.59 bits per heavy atom. The van der Waals surface area contributed by atoms with E-state index in [1.54, 1.807) is 0 Å². The second-order valence-electron chi connectivity index (χ2n) is 8.54. The Labute approximate surface area is 188 Å². The highest BCUT2D eigenvalue weighted by atomic mass is 16.1. The summed E-state index contributed by atoms with van der Waals surface area (Å²) in [6.07, 6.45) is 3.72. The predicted molar refractivity (Wildman–Crippen MR) is 129 cm³/mol. The van der Waals surface area contributed by atoms with Crippen molar-refractivity contribution in [2.75, 3.05) is 33.5 Å². The van der Waals surface area contributed by atoms with Gasteiger partial charge in [-0.1, -0.05) is 18.2 Å². The third kappa shape index (κ3) is 5.01. The molecule has 2 heterocycles. The molecular formula is C25H28N6O. The third-order valence-corrected chi connectivity index (χ3v) is 5.12. The Morgan fingerprint density at radius 1 is 0.875 bits per heavy atom. The van der Waals surface area contributed by atoms with E-state index in [0.717, 1.165) is 46.4 Å². The van der Waals surface area contributed by atoms with Crippen LogP contribution >= 0.6 is 0 Å². The van der Waals surface area contributed by atoms with Gasteiger partial charge < -0.3 is 15.1 Å². The van der Waals surface area contributed by atoms with Gasteiger partial charge in [0, 0.05) is 42.1 Å². The van der Waals surface area contributed by atoms with Crippen molar-refractivity contribution in [1.29, 1.82) is 0 Å². The summed E-state index contributed by atoms with van der Waals surface area (Å²) in [5.74, 6) is -0.242. The fraction of sp³-hybridized carbons (Fsp3) is 0.240. The normalized spacial score (nSPS) is 11.4. The Bertz CT molecular complexity index is 1230. The number of aromatic amines is 1. The van der Waals surface area contributed by atoms with E-state index >= 15 is 0 Å². The SMILES string of the molecule is CN(C)Cc1ccc(NC(=O)c2n[nH]c3ccc(-c4cncc(CN(C)C)c4)cc23)cc1. The van der Waals surface area contributed by atoms with E-state index in [1.165, 1.54) is 5.56 Å². The lowest BCUT2D eigenvalue weighted by Gasteiger charge is -2.11. The quantitative estimate of drug-likeness (QED) is 0.465. The lowest BCUT2D eigenvalue weighted by Crippen LogP contribution is -2.13. The Morgan fingerprint density at radius 3 is 2.31 bits per heavy atom. The highest BCUT2D eigenvalue weighted by Gasteiger charge is 2.15. The maximum atomic E-state index is 13.0. The molecule has 0 fully saturated rings. The zero-order chi connectivity index (χ0) is 22.7. The molecule has 0 aliphatic carbocycles. The van der Waals surface area contributed by atoms with Crippen LogP contribution in [0.25, 0.3) is 22.0 Å². The first-order chi connectivity index (χ1) is 15.4. The summed E-state index contributed by atoms with van der Waals surface area (Å²) in [5.41, 5.74) is 6.26. The number of benzene rings is 2. The van der Waals surface area contributed by atoms with E-state index < -0.39 is 0 Å². The number of H-pyrrole nitrogens is 1. The van der Waals surface area contributed by atoms with Crippen LogP contribution < -0.4 is 5.32 Å². The third-order valence-electron chi connectivity index (χ3n) is 5.12. The van der Waals surface area contributed by atoms with Gasteiger partial charge in [-0.05, 0) is 75.2 Å². The zero-order valence-corrected chi connectivity index (χ0v) is 18.9. The van der Waals surface area contributed by atoms with Gasteiger partial charge >= 0.3 is 0 Å². The number of anilines is 1. The van der Waals surface area contributed by atoms with Gasteiger partial charge in [-0.3, -0.25) is 14.9 Å². The number of pyridine rings is 1. The number of rotatable bonds is 7. The minimum atomic E-state index is -0.242. The van der Waals surface area contributed by atoms with Crippen LogP contribution in [0.1, 0.15) is 21.6 Å². The Hall–Kier alpha value is -3.55. The summed E-state index contributed by atoms with van der Waals surface area (Å²) in [7, 11) is 8.12. The first kappa shape index (κ1) is 21.7. The topological polar surface area (TPSA) is 77.1 Å². The van der Waals surface area contributed by atoms with Gasteiger partial charge in [0.25, 0.3) is 5.91 Å². The molecule has 0 aliphatic heterocycles. The highest BCUT2D eigenvalue weighted by Crippen LogP contribution is 2.26. The van der Waals surface area contributed by atoms with Gasteiger partial charge in [-0.2, -0.15) is 5.10 Å². The molecule has 32 heavy (non-hydrogen) atoms. The number of nitrogens with one attached hydrogen (secondary N) is 2. The number of carbonyl (C=O) groups excluding carboxylic acids is 1. The van der Waals surface area contributed by atoms with Crippen LogP contribution in [0.3, 0.4) is 0 Å². The summed E-state index contributed by atoms with van der Waals surface area (Å²) in [6, 6.07) is 15.9. The molecule has 0 bridgehead atoms. The fourth-order valence-electron chi connectivity index (χ4n) is 3.71. The zero-order valence-electron chi connectivity index (χ0n) is 18.9. The molecule has 2 N–H and O–H groups in total. The van der Waals surface area contributed by atoms with E-state index in [1.807, 2.05) is 83.0 Å². The molecule has 7 nitrogen and oxygen atoms in total. The summed E-state index contributed by atoms with van der Waals surface area (Å²) in [6.45, 7) is 1.67. The molecule has 0 radical (unpaired) electrons. The van der Waals surface area contributed by atoms with Gasteiger partial charge in [0.05, 0.1) is 5.52 Å². The molecule has 0 saturated heterocycles. The van der Waals surface area contributed by atoms with Crippen LogP contribution in [0.15, 0.2) is 60.9 Å². The number of hydrogen-bond donors (Lipinski definition) is 2. The monoisotopic (exact) mass is 428 g/mol. The minimum absolute atomic E-state index is 0.242. The van der Waals surface area contributed by atoms with Gasteiger partial charge in [-0.15, -0.1) is 0 Å². The number of nitrogens with zero attached hydrogens (tertiary/aromatic N) is 4. The van der Waals surface area contributed by atoms with Crippen LogP contribution in [-0.2, 0) is 13.1 Å². The van der Waals surface area contributed by atoms with Gasteiger partial charge in [-0.25, -0.2) is 0 Å². The van der Waals surface area contributed by atoms with E-state index in [0.29, 0.717) is 5.69 Å². The summed E-state index contributed by atoms with van der Waals surface area (Å²) in [5, 5.41) is 11.0. The van der Waals surface area contributed by atoms with Crippen molar-refractivity contribution in [1.82, 2.24) is 25.0 Å². The molecule has 0 aliphatic rings. The summed E-state index contributed by atoms with van der Waals surface area (Å²) in [4.78, 5) is 21.6. The number of hydrogen-bond acceptors (Lipinski definition) is 5. The largest absolute Gasteiger partial charge is 0.321 e. The van der Waals surface area contributed by atoms with Crippen LogP contribution in [0.4, 0.5) is 5.69 Å². The minimum Gasteiger partial charge on any atom is -0.321 e. The number of carbonyl (C=O) groups is 1. The number of fused-ring (bicyclic) bond motifs is 1. The Balaban J connectivity index is 1.58. The summed E-state index contributed by atoms with van der Waals surface area (Å²) >= 11 is 0. The molecule has 1 amide bonds. The predicted octanol–water partition coefficient (Wildman–Crippen LogP) is 4.00. The average Bonchev–Trinajstić information content (AvgIpc) is 3.18. The average molecular weight is 429 g/mol. The van der Waals surface area contributed by atoms with Crippen molar-refractivity contribution in [2.45, 2.75) is 13.1 Å². The summed E-state index contributed by atoms with van der Waals surface area (Å²) < 4.78 is 0. The molecule has 2 aromatic carbocycles. The van der Waals surface area contributed by atoms with E-state index in [2.05, 4.69) is 36.4 Å². The second-order valence-corrected chi connectivity index (χ2v) is 8.54. The molecule has 0 unspecified atom stereocenters. The van der Waals surface area contributed by atoms with Crippen molar-refractivity contribution in [3.05, 3.63) is 77.7 Å². The van der Waals surface area contributed by atoms with Crippen LogP contribution in [0.2, 0.25) is 0 Å². The maximum absolute atomic E-state index is 13.0. The van der Waals surface area contributed by atoms with E-state index in [4.69, 9.17) is 0 Å². The van der Waals surface area contributed by atoms with Crippen molar-refractivity contribution in [3.8, 4) is 11.1 Å². The molecule has 164 valence electrons. The lowest BCUT2D eigenvalue weighted by molar-refractivity contribution is 0.102. The lowest BCUT2D eigenvalue weighted by atomic mass is 10.0. The van der Waals surface area contributed by atoms with E-state index in [9.17, 15) is 4.79 Å². The number of amides is 1. The van der Waals surface area contributed by atoms with Crippen molar-refractivity contribution >= 4 is 22.5 Å². The molecular weight excluding hydrogens is 400 g/mol. The van der Waals surface area contributed by atoms with E-state index in [-0.39, 0.29) is 5.91 Å². The van der Waals surface area contributed by atoms with Gasteiger partial charge in [0.1, 0.15) is 0 Å². The highest BCUT2D eigenvalue weighted by molar-refractivity contribution is 6.11. The Kier molecular flexibility index (Phi) is 6.30. The molecule has 0 atom stereocenters. The van der Waals surface area contributed by atoms with Crippen LogP contribution in [0.5, 0.6) is 0 Å². The number of aromatic nitrogens is 3. The van der Waals surface area contributed by atoms with Crippen LogP contribution in [-0.4, -0.2) is 59.1 Å².